The molecule has 4 atom stereocenters. The molecule has 1 aromatic heterocycles. The number of rotatable bonds is 2. The molecule has 0 radical (unpaired) electrons. The third-order valence-electron chi connectivity index (χ3n) is 4.31. The predicted octanol–water partition coefficient (Wildman–Crippen LogP) is 2.41. The Hall–Kier alpha value is -1.89. The summed E-state index contributed by atoms with van der Waals surface area (Å²) < 4.78 is 17.4. The summed E-state index contributed by atoms with van der Waals surface area (Å²) in [6.45, 7) is 8.12. The Kier molecular flexibility index (Phi) is 4.62. The van der Waals surface area contributed by atoms with E-state index in [1.807, 2.05) is 32.6 Å². The van der Waals surface area contributed by atoms with E-state index in [0.717, 1.165) is 0 Å². The Morgan fingerprint density at radius 1 is 1.33 bits per heavy atom. The molecule has 0 aromatic carbocycles. The van der Waals surface area contributed by atoms with E-state index in [9.17, 15) is 4.79 Å². The maximum atomic E-state index is 12.6. The fraction of sp³-hybridized carbons (Fsp3) is 0.706. The van der Waals surface area contributed by atoms with Gasteiger partial charge in [0.2, 0.25) is 5.88 Å². The van der Waals surface area contributed by atoms with Crippen molar-refractivity contribution in [1.29, 1.82) is 0 Å². The van der Waals surface area contributed by atoms with Crippen molar-refractivity contribution in [1.82, 2.24) is 14.9 Å². The summed E-state index contributed by atoms with van der Waals surface area (Å²) in [5, 5.41) is 0. The highest BCUT2D eigenvalue weighted by atomic mass is 16.6. The highest BCUT2D eigenvalue weighted by Crippen LogP contribution is 2.34. The molecule has 24 heavy (non-hydrogen) atoms. The molecule has 2 saturated heterocycles. The van der Waals surface area contributed by atoms with Gasteiger partial charge in [-0.05, 0) is 27.7 Å². The van der Waals surface area contributed by atoms with E-state index in [1.54, 1.807) is 18.6 Å². The Bertz CT molecular complexity index is 575. The topological polar surface area (TPSA) is 73.8 Å². The zero-order valence-corrected chi connectivity index (χ0v) is 14.6. The SMILES string of the molecule is C[C@@H]1OC[C@H]2C[C@H](Oc3cnccn3)C[C@@H]1N2C(=O)OC(C)(C)C. The Balaban J connectivity index is 1.72. The van der Waals surface area contributed by atoms with Crippen LogP contribution in [-0.4, -0.2) is 57.5 Å². The summed E-state index contributed by atoms with van der Waals surface area (Å²) in [4.78, 5) is 22.7. The van der Waals surface area contributed by atoms with Crippen LogP contribution in [0.5, 0.6) is 5.88 Å². The molecule has 2 aliphatic heterocycles. The Morgan fingerprint density at radius 3 is 2.79 bits per heavy atom. The van der Waals surface area contributed by atoms with Gasteiger partial charge in [0.1, 0.15) is 11.7 Å². The smallest absolute Gasteiger partial charge is 0.410 e. The van der Waals surface area contributed by atoms with Crippen LogP contribution in [0.4, 0.5) is 4.79 Å². The van der Waals surface area contributed by atoms with Gasteiger partial charge in [-0.2, -0.15) is 0 Å². The number of hydrogen-bond donors (Lipinski definition) is 0. The first kappa shape index (κ1) is 17.0. The number of aromatic nitrogens is 2. The molecule has 7 heteroatoms. The molecule has 1 aromatic rings. The number of amides is 1. The van der Waals surface area contributed by atoms with Crippen molar-refractivity contribution in [3.8, 4) is 5.88 Å². The largest absolute Gasteiger partial charge is 0.473 e. The minimum Gasteiger partial charge on any atom is -0.473 e. The van der Waals surface area contributed by atoms with Crippen molar-refractivity contribution in [2.75, 3.05) is 6.61 Å². The number of nitrogens with zero attached hydrogens (tertiary/aromatic N) is 3. The number of ether oxygens (including phenoxy) is 3. The summed E-state index contributed by atoms with van der Waals surface area (Å²) in [6.07, 6.45) is 5.87. The second kappa shape index (κ2) is 6.55. The van der Waals surface area contributed by atoms with Crippen molar-refractivity contribution >= 4 is 6.09 Å². The zero-order chi connectivity index (χ0) is 17.3. The maximum Gasteiger partial charge on any atom is 0.410 e. The summed E-state index contributed by atoms with van der Waals surface area (Å²) >= 11 is 0. The molecule has 2 aliphatic rings. The van der Waals surface area contributed by atoms with Crippen LogP contribution in [0.3, 0.4) is 0 Å². The van der Waals surface area contributed by atoms with Gasteiger partial charge in [-0.15, -0.1) is 0 Å². The van der Waals surface area contributed by atoms with Crippen molar-refractivity contribution < 1.29 is 19.0 Å². The van der Waals surface area contributed by atoms with Crippen molar-refractivity contribution in [2.45, 2.75) is 70.4 Å². The summed E-state index contributed by atoms with van der Waals surface area (Å²) in [6, 6.07) is -0.106. The number of fused-ring (bicyclic) bond motifs is 2. The molecular weight excluding hydrogens is 310 g/mol. The molecule has 132 valence electrons. The van der Waals surface area contributed by atoms with E-state index in [-0.39, 0.29) is 30.4 Å². The van der Waals surface area contributed by atoms with Gasteiger partial charge in [-0.25, -0.2) is 9.78 Å². The molecular formula is C17H25N3O4. The monoisotopic (exact) mass is 335 g/mol. The van der Waals surface area contributed by atoms with Crippen molar-refractivity contribution in [3.63, 3.8) is 0 Å². The molecule has 2 bridgehead atoms. The highest BCUT2D eigenvalue weighted by molar-refractivity contribution is 5.69. The fourth-order valence-electron chi connectivity index (χ4n) is 3.32. The summed E-state index contributed by atoms with van der Waals surface area (Å²) in [5.41, 5.74) is -0.511. The first-order valence-electron chi connectivity index (χ1n) is 8.39. The lowest BCUT2D eigenvalue weighted by Gasteiger charge is -2.50. The summed E-state index contributed by atoms with van der Waals surface area (Å²) in [7, 11) is 0. The highest BCUT2D eigenvalue weighted by Gasteiger charge is 2.47. The van der Waals surface area contributed by atoms with E-state index < -0.39 is 5.60 Å². The van der Waals surface area contributed by atoms with Crippen LogP contribution in [0.15, 0.2) is 18.6 Å². The molecule has 0 spiro atoms. The van der Waals surface area contributed by atoms with Crippen LogP contribution < -0.4 is 4.74 Å². The standard InChI is InChI=1S/C17H25N3O4/c1-11-14-8-13(23-15-9-18-5-6-19-15)7-12(10-22-11)20(14)16(21)24-17(2,3)4/h5-6,9,11-14H,7-8,10H2,1-4H3/t11-,12+,13-,14-/m0/s1. The van der Waals surface area contributed by atoms with Crippen molar-refractivity contribution in [3.05, 3.63) is 18.6 Å². The van der Waals surface area contributed by atoms with E-state index in [2.05, 4.69) is 9.97 Å². The molecule has 3 heterocycles. The molecule has 0 unspecified atom stereocenters. The number of carbonyl (C=O) groups excluding carboxylic acids is 1. The minimum absolute atomic E-state index is 0.0123. The number of piperidine rings is 1. The lowest BCUT2D eigenvalue weighted by atomic mass is 9.89. The van der Waals surface area contributed by atoms with E-state index in [1.165, 1.54) is 0 Å². The van der Waals surface area contributed by atoms with Crippen molar-refractivity contribution in [2.24, 2.45) is 0 Å². The predicted molar refractivity (Wildman–Crippen MR) is 86.7 cm³/mol. The lowest BCUT2D eigenvalue weighted by Crippen LogP contribution is -2.64. The molecule has 0 saturated carbocycles. The third kappa shape index (κ3) is 3.77. The van der Waals surface area contributed by atoms with Gasteiger partial charge in [0.25, 0.3) is 0 Å². The van der Waals surface area contributed by atoms with Gasteiger partial charge < -0.3 is 14.2 Å². The van der Waals surface area contributed by atoms with Gasteiger partial charge in [-0.3, -0.25) is 9.88 Å². The fourth-order valence-corrected chi connectivity index (χ4v) is 3.32. The number of hydrogen-bond acceptors (Lipinski definition) is 6. The average Bonchev–Trinajstić information content (AvgIpc) is 2.50. The van der Waals surface area contributed by atoms with Crippen LogP contribution in [0.25, 0.3) is 0 Å². The van der Waals surface area contributed by atoms with E-state index in [0.29, 0.717) is 25.3 Å². The third-order valence-corrected chi connectivity index (χ3v) is 4.31. The zero-order valence-electron chi connectivity index (χ0n) is 14.6. The molecule has 2 fully saturated rings. The maximum absolute atomic E-state index is 12.6. The normalized spacial score (nSPS) is 29.9. The quantitative estimate of drug-likeness (QED) is 0.826. The second-order valence-electron chi connectivity index (χ2n) is 7.40. The first-order chi connectivity index (χ1) is 11.3. The van der Waals surface area contributed by atoms with Gasteiger partial charge in [-0.1, -0.05) is 0 Å². The lowest BCUT2D eigenvalue weighted by molar-refractivity contribution is -0.132. The summed E-state index contributed by atoms with van der Waals surface area (Å²) in [5.74, 6) is 0.514. The van der Waals surface area contributed by atoms with Crippen LogP contribution in [0.2, 0.25) is 0 Å². The van der Waals surface area contributed by atoms with Gasteiger partial charge >= 0.3 is 6.09 Å². The van der Waals surface area contributed by atoms with E-state index >= 15 is 0 Å². The molecule has 0 N–H and O–H groups in total. The van der Waals surface area contributed by atoms with Gasteiger partial charge in [0.05, 0.1) is 31.0 Å². The van der Waals surface area contributed by atoms with E-state index in [4.69, 9.17) is 14.2 Å². The Labute approximate surface area is 142 Å². The molecule has 0 aliphatic carbocycles. The van der Waals surface area contributed by atoms with Gasteiger partial charge in [0.15, 0.2) is 0 Å². The number of carbonyl (C=O) groups is 1. The molecule has 3 rings (SSSR count). The Morgan fingerprint density at radius 2 is 2.12 bits per heavy atom. The average molecular weight is 335 g/mol. The van der Waals surface area contributed by atoms with Crippen LogP contribution in [0, 0.1) is 0 Å². The van der Waals surface area contributed by atoms with Gasteiger partial charge in [0, 0.05) is 25.2 Å². The van der Waals surface area contributed by atoms with Crippen LogP contribution in [-0.2, 0) is 9.47 Å². The molecule has 7 nitrogen and oxygen atoms in total. The second-order valence-corrected chi connectivity index (χ2v) is 7.40. The number of morpholine rings is 1. The van der Waals surface area contributed by atoms with Crippen LogP contribution in [0.1, 0.15) is 40.5 Å². The first-order valence-corrected chi connectivity index (χ1v) is 8.39. The minimum atomic E-state index is -0.511. The molecule has 1 amide bonds. The van der Waals surface area contributed by atoms with Crippen LogP contribution >= 0.6 is 0 Å².